The number of aryl methyl sites for hydroxylation is 1. The molecule has 4 heteroatoms. The predicted octanol–water partition coefficient (Wildman–Crippen LogP) is 6.13. The Bertz CT molecular complexity index is 973. The molecule has 2 N–H and O–H groups in total. The number of carbonyl (C=O) groups is 1. The summed E-state index contributed by atoms with van der Waals surface area (Å²) in [6.07, 6.45) is 10.9. The number of amides is 1. The van der Waals surface area contributed by atoms with Gasteiger partial charge in [-0.05, 0) is 73.4 Å². The number of hydrogen-bond donors (Lipinski definition) is 2. The molecule has 1 unspecified atom stereocenters. The smallest absolute Gasteiger partial charge is 0.244 e. The van der Waals surface area contributed by atoms with Gasteiger partial charge in [-0.25, -0.2) is 4.39 Å². The average molecular weight is 405 g/mol. The highest BCUT2D eigenvalue weighted by atomic mass is 19.1. The monoisotopic (exact) mass is 404 g/mol. The van der Waals surface area contributed by atoms with E-state index in [4.69, 9.17) is 0 Å². The molecular weight excluding hydrogens is 375 g/mol. The minimum absolute atomic E-state index is 0.152. The average Bonchev–Trinajstić information content (AvgIpc) is 2.75. The lowest BCUT2D eigenvalue weighted by Gasteiger charge is -2.15. The molecule has 30 heavy (non-hydrogen) atoms. The molecule has 0 heterocycles. The first-order valence-electron chi connectivity index (χ1n) is 9.95. The van der Waals surface area contributed by atoms with Gasteiger partial charge >= 0.3 is 0 Å². The van der Waals surface area contributed by atoms with Gasteiger partial charge in [0.1, 0.15) is 5.82 Å². The summed E-state index contributed by atoms with van der Waals surface area (Å²) in [7, 11) is 0. The van der Waals surface area contributed by atoms with Crippen LogP contribution in [-0.4, -0.2) is 12.5 Å². The second kappa shape index (κ2) is 11.6. The van der Waals surface area contributed by atoms with Crippen molar-refractivity contribution in [2.45, 2.75) is 26.8 Å². The van der Waals surface area contributed by atoms with Crippen LogP contribution in [0.1, 0.15) is 36.6 Å². The van der Waals surface area contributed by atoms with Crippen LogP contribution >= 0.6 is 0 Å². The highest BCUT2D eigenvalue weighted by Crippen LogP contribution is 2.18. The second-order valence-corrected chi connectivity index (χ2v) is 7.01. The first kappa shape index (κ1) is 22.9. The Labute approximate surface area is 178 Å². The number of allylic oxidation sites excluding steroid dienone is 3. The maximum atomic E-state index is 13.3. The van der Waals surface area contributed by atoms with Crippen LogP contribution in [0.4, 0.5) is 10.1 Å². The van der Waals surface area contributed by atoms with E-state index in [1.54, 1.807) is 31.2 Å². The zero-order valence-electron chi connectivity index (χ0n) is 17.8. The van der Waals surface area contributed by atoms with E-state index in [9.17, 15) is 9.18 Å². The molecule has 2 aromatic rings. The number of hydrogen-bond acceptors (Lipinski definition) is 2. The van der Waals surface area contributed by atoms with Gasteiger partial charge in [-0.1, -0.05) is 49.1 Å². The summed E-state index contributed by atoms with van der Waals surface area (Å²) >= 11 is 0. The second-order valence-electron chi connectivity index (χ2n) is 7.01. The molecule has 156 valence electrons. The normalized spacial score (nSPS) is 12.9. The third-order valence-corrected chi connectivity index (χ3v) is 4.67. The van der Waals surface area contributed by atoms with E-state index in [-0.39, 0.29) is 17.8 Å². The zero-order chi connectivity index (χ0) is 21.9. The molecule has 0 aromatic heterocycles. The molecule has 0 aliphatic rings. The molecule has 2 aromatic carbocycles. The topological polar surface area (TPSA) is 41.1 Å². The fourth-order valence-corrected chi connectivity index (χ4v) is 2.86. The molecule has 1 atom stereocenters. The summed E-state index contributed by atoms with van der Waals surface area (Å²) in [4.78, 5) is 12.3. The van der Waals surface area contributed by atoms with E-state index in [0.717, 1.165) is 22.4 Å². The van der Waals surface area contributed by atoms with Crippen molar-refractivity contribution in [3.63, 3.8) is 0 Å². The zero-order valence-corrected chi connectivity index (χ0v) is 17.8. The van der Waals surface area contributed by atoms with Gasteiger partial charge in [0.2, 0.25) is 5.91 Å². The Morgan fingerprint density at radius 2 is 2.00 bits per heavy atom. The number of rotatable bonds is 9. The van der Waals surface area contributed by atoms with E-state index in [1.807, 2.05) is 50.3 Å². The maximum absolute atomic E-state index is 13.3. The van der Waals surface area contributed by atoms with Crippen molar-refractivity contribution in [2.75, 3.05) is 11.9 Å². The number of anilines is 1. The Kier molecular flexibility index (Phi) is 8.82. The molecule has 0 aliphatic carbocycles. The number of carbonyl (C=O) groups excluding carboxylic acids is 1. The largest absolute Gasteiger partial charge is 0.381 e. The molecule has 0 spiro atoms. The predicted molar refractivity (Wildman–Crippen MR) is 125 cm³/mol. The number of halogens is 1. The Balaban J connectivity index is 1.96. The van der Waals surface area contributed by atoms with Crippen molar-refractivity contribution < 1.29 is 9.18 Å². The summed E-state index contributed by atoms with van der Waals surface area (Å²) in [5.74, 6) is -0.453. The van der Waals surface area contributed by atoms with E-state index in [2.05, 4.69) is 23.3 Å². The molecule has 1 amide bonds. The first-order valence-corrected chi connectivity index (χ1v) is 9.95. The van der Waals surface area contributed by atoms with Crippen LogP contribution in [-0.2, 0) is 4.79 Å². The lowest BCUT2D eigenvalue weighted by molar-refractivity contribution is -0.117. The molecule has 3 nitrogen and oxygen atoms in total. The molecular formula is C26H29FN2O. The molecule has 2 rings (SSSR count). The third kappa shape index (κ3) is 7.21. The lowest BCUT2D eigenvalue weighted by atomic mass is 10.1. The van der Waals surface area contributed by atoms with Crippen molar-refractivity contribution in [1.82, 2.24) is 5.32 Å². The van der Waals surface area contributed by atoms with Crippen molar-refractivity contribution in [1.29, 1.82) is 0 Å². The van der Waals surface area contributed by atoms with Gasteiger partial charge in [0.15, 0.2) is 0 Å². The summed E-state index contributed by atoms with van der Waals surface area (Å²) in [5.41, 5.74) is 4.48. The fourth-order valence-electron chi connectivity index (χ4n) is 2.86. The molecule has 0 radical (unpaired) electrons. The molecule has 0 saturated carbocycles. The Morgan fingerprint density at radius 1 is 1.20 bits per heavy atom. The van der Waals surface area contributed by atoms with Gasteiger partial charge in [0.25, 0.3) is 0 Å². The third-order valence-electron chi connectivity index (χ3n) is 4.67. The van der Waals surface area contributed by atoms with Gasteiger partial charge in [-0.15, -0.1) is 0 Å². The Hall–Kier alpha value is -3.40. The van der Waals surface area contributed by atoms with Crippen LogP contribution in [0.2, 0.25) is 0 Å². The summed E-state index contributed by atoms with van der Waals surface area (Å²) in [5, 5.41) is 6.36. The van der Waals surface area contributed by atoms with Gasteiger partial charge in [0, 0.05) is 18.3 Å². The number of benzene rings is 2. The first-order chi connectivity index (χ1) is 14.4. The van der Waals surface area contributed by atoms with E-state index >= 15 is 0 Å². The van der Waals surface area contributed by atoms with Crippen molar-refractivity contribution >= 4 is 17.7 Å². The van der Waals surface area contributed by atoms with Gasteiger partial charge < -0.3 is 10.6 Å². The van der Waals surface area contributed by atoms with Crippen LogP contribution in [0.25, 0.3) is 6.08 Å². The van der Waals surface area contributed by atoms with Crippen LogP contribution in [0, 0.1) is 12.7 Å². The van der Waals surface area contributed by atoms with Gasteiger partial charge in [-0.2, -0.15) is 0 Å². The summed E-state index contributed by atoms with van der Waals surface area (Å²) in [6.45, 7) is 10.0. The van der Waals surface area contributed by atoms with Gasteiger partial charge in [0.05, 0.1) is 6.04 Å². The van der Waals surface area contributed by atoms with Crippen LogP contribution in [0.5, 0.6) is 0 Å². The minimum atomic E-state index is -0.253. The number of nitrogens with one attached hydrogen (secondary N) is 2. The van der Waals surface area contributed by atoms with E-state index < -0.39 is 0 Å². The fraction of sp³-hybridized carbons (Fsp3) is 0.192. The van der Waals surface area contributed by atoms with E-state index in [0.29, 0.717) is 12.1 Å². The summed E-state index contributed by atoms with van der Waals surface area (Å²) < 4.78 is 13.3. The van der Waals surface area contributed by atoms with Crippen LogP contribution in [0.3, 0.4) is 0 Å². The molecule has 0 aliphatic heterocycles. The molecule has 0 bridgehead atoms. The minimum Gasteiger partial charge on any atom is -0.381 e. The SMILES string of the molecule is C=C/C=C\C(=C/C)CNc1cccc(C(C)NC(=O)/C=C/c2ccc(F)c(C)c2)c1. The highest BCUT2D eigenvalue weighted by molar-refractivity contribution is 5.92. The molecule has 0 fully saturated rings. The molecule has 0 saturated heterocycles. The standard InChI is InChI=1S/C26H29FN2O/c1-5-7-9-21(6-2)18-28-24-11-8-10-23(17-24)20(4)29-26(30)15-13-22-12-14-25(27)19(3)16-22/h5-17,20,28H,1,18H2,2-4H3,(H,29,30)/b9-7-,15-13+,21-6+. The van der Waals surface area contributed by atoms with Crippen molar-refractivity contribution in [3.8, 4) is 0 Å². The quantitative estimate of drug-likeness (QED) is 0.390. The van der Waals surface area contributed by atoms with Crippen molar-refractivity contribution in [3.05, 3.63) is 108 Å². The van der Waals surface area contributed by atoms with Crippen LogP contribution in [0.15, 0.2) is 85.0 Å². The Morgan fingerprint density at radius 3 is 2.70 bits per heavy atom. The maximum Gasteiger partial charge on any atom is 0.244 e. The van der Waals surface area contributed by atoms with Gasteiger partial charge in [-0.3, -0.25) is 4.79 Å². The lowest BCUT2D eigenvalue weighted by Crippen LogP contribution is -2.24. The van der Waals surface area contributed by atoms with Crippen LogP contribution < -0.4 is 10.6 Å². The van der Waals surface area contributed by atoms with E-state index in [1.165, 1.54) is 12.1 Å². The highest BCUT2D eigenvalue weighted by Gasteiger charge is 2.08. The van der Waals surface area contributed by atoms with Crippen molar-refractivity contribution in [2.24, 2.45) is 0 Å². The summed E-state index contributed by atoms with van der Waals surface area (Å²) in [6, 6.07) is 12.6.